The van der Waals surface area contributed by atoms with Crippen molar-refractivity contribution in [3.05, 3.63) is 95.6 Å². The molecule has 0 aromatic heterocycles. The number of amides is 1. The summed E-state index contributed by atoms with van der Waals surface area (Å²) in [6.45, 7) is 3.53. The number of cyclic esters (lactones) is 1. The zero-order chi connectivity index (χ0) is 28.0. The van der Waals surface area contributed by atoms with E-state index in [1.54, 1.807) is 24.3 Å². The first kappa shape index (κ1) is 28.8. The highest BCUT2D eigenvalue weighted by molar-refractivity contribution is 7.89. The van der Waals surface area contributed by atoms with Crippen molar-refractivity contribution in [2.75, 3.05) is 39.3 Å². The number of carbonyl (C=O) groups is 1. The van der Waals surface area contributed by atoms with Gasteiger partial charge in [-0.1, -0.05) is 65.7 Å². The van der Waals surface area contributed by atoms with Crippen LogP contribution in [0.1, 0.15) is 16.7 Å². The lowest BCUT2D eigenvalue weighted by atomic mass is 10.2. The molecule has 0 aliphatic carbocycles. The molecule has 0 N–H and O–H groups in total. The fourth-order valence-electron chi connectivity index (χ4n) is 4.24. The summed E-state index contributed by atoms with van der Waals surface area (Å²) >= 11 is 0. The monoisotopic (exact) mass is 571 g/mol. The minimum atomic E-state index is -3.98. The lowest BCUT2D eigenvalue weighted by molar-refractivity contribution is 0.0968. The van der Waals surface area contributed by atoms with Gasteiger partial charge in [-0.3, -0.25) is 0 Å². The molecule has 0 atom stereocenters. The summed E-state index contributed by atoms with van der Waals surface area (Å²) in [6.07, 6.45) is -0.638. The van der Waals surface area contributed by atoms with Crippen LogP contribution in [0.3, 0.4) is 0 Å². The minimum absolute atomic E-state index is 0.0312. The Kier molecular flexibility index (Phi) is 9.06. The van der Waals surface area contributed by atoms with Gasteiger partial charge in [-0.25, -0.2) is 21.6 Å². The van der Waals surface area contributed by atoms with Crippen LogP contribution in [-0.2, 0) is 31.3 Å². The van der Waals surface area contributed by atoms with Crippen molar-refractivity contribution in [1.29, 1.82) is 0 Å². The van der Waals surface area contributed by atoms with Crippen LogP contribution in [-0.4, -0.2) is 75.8 Å². The molecule has 0 bridgehead atoms. The number of aryl methyl sites for hydroxylation is 2. The Morgan fingerprint density at radius 2 is 1.10 bits per heavy atom. The van der Waals surface area contributed by atoms with Crippen LogP contribution in [0, 0.1) is 13.8 Å². The van der Waals surface area contributed by atoms with Gasteiger partial charge < -0.3 is 9.64 Å². The van der Waals surface area contributed by atoms with E-state index < -0.39 is 26.1 Å². The van der Waals surface area contributed by atoms with E-state index in [0.29, 0.717) is 0 Å². The Balaban J connectivity index is 1.66. The summed E-state index contributed by atoms with van der Waals surface area (Å²) < 4.78 is 62.3. The molecule has 3 aromatic rings. The Morgan fingerprint density at radius 1 is 0.641 bits per heavy atom. The molecule has 0 spiro atoms. The van der Waals surface area contributed by atoms with Crippen molar-refractivity contribution in [1.82, 2.24) is 13.5 Å². The van der Waals surface area contributed by atoms with Gasteiger partial charge in [0.25, 0.3) is 0 Å². The third-order valence-corrected chi connectivity index (χ3v) is 10.4. The maximum absolute atomic E-state index is 13.7. The van der Waals surface area contributed by atoms with Gasteiger partial charge in [0.05, 0.1) is 9.79 Å². The maximum Gasteiger partial charge on any atom is 0.410 e. The number of nitrogens with zero attached hydrogens (tertiary/aromatic N) is 3. The lowest BCUT2D eigenvalue weighted by Crippen LogP contribution is -2.44. The van der Waals surface area contributed by atoms with E-state index in [9.17, 15) is 21.6 Å². The second kappa shape index (κ2) is 12.3. The molecule has 4 rings (SSSR count). The van der Waals surface area contributed by atoms with Crippen molar-refractivity contribution < 1.29 is 26.4 Å². The van der Waals surface area contributed by atoms with Gasteiger partial charge in [0.15, 0.2) is 0 Å². The quantitative estimate of drug-likeness (QED) is 0.448. The molecule has 0 saturated carbocycles. The molecule has 1 saturated heterocycles. The summed E-state index contributed by atoms with van der Waals surface area (Å²) in [4.78, 5) is 14.7. The summed E-state index contributed by atoms with van der Waals surface area (Å²) in [6, 6.07) is 22.3. The van der Waals surface area contributed by atoms with Crippen LogP contribution in [0.25, 0.3) is 0 Å². The van der Waals surface area contributed by atoms with Crippen molar-refractivity contribution in [3.63, 3.8) is 0 Å². The molecule has 1 amide bonds. The van der Waals surface area contributed by atoms with E-state index in [0.717, 1.165) is 16.7 Å². The Labute approximate surface area is 230 Å². The number of sulfonamides is 2. The number of carbonyl (C=O) groups excluding carboxylic acids is 1. The first-order valence-electron chi connectivity index (χ1n) is 12.7. The fraction of sp³-hybridized carbons (Fsp3) is 0.321. The van der Waals surface area contributed by atoms with E-state index >= 15 is 0 Å². The zero-order valence-corrected chi connectivity index (χ0v) is 23.7. The van der Waals surface area contributed by atoms with Gasteiger partial charge >= 0.3 is 6.09 Å². The normalized spacial score (nSPS) is 16.9. The molecule has 39 heavy (non-hydrogen) atoms. The molecular formula is C28H33N3O6S2. The molecule has 1 aliphatic rings. The summed E-state index contributed by atoms with van der Waals surface area (Å²) in [7, 11) is -7.95. The Bertz CT molecular complexity index is 1480. The molecular weight excluding hydrogens is 538 g/mol. The largest absolute Gasteiger partial charge is 0.448 e. The molecule has 11 heteroatoms. The predicted molar refractivity (Wildman–Crippen MR) is 148 cm³/mol. The average Bonchev–Trinajstić information content (AvgIpc) is 2.95. The summed E-state index contributed by atoms with van der Waals surface area (Å²) in [5, 5.41) is 0. The highest BCUT2D eigenvalue weighted by atomic mass is 32.2. The van der Waals surface area contributed by atoms with Crippen molar-refractivity contribution >= 4 is 26.1 Å². The molecule has 1 heterocycles. The molecule has 3 aromatic carbocycles. The van der Waals surface area contributed by atoms with Gasteiger partial charge in [-0.05, 0) is 43.7 Å². The molecule has 208 valence electrons. The van der Waals surface area contributed by atoms with Gasteiger partial charge in [-0.15, -0.1) is 0 Å². The number of rotatable bonds is 6. The van der Waals surface area contributed by atoms with Crippen molar-refractivity contribution in [3.8, 4) is 0 Å². The van der Waals surface area contributed by atoms with E-state index in [-0.39, 0.29) is 55.7 Å². The number of hydrogen-bond donors (Lipinski definition) is 0. The first-order chi connectivity index (χ1) is 18.6. The third kappa shape index (κ3) is 7.04. The van der Waals surface area contributed by atoms with Crippen LogP contribution in [0.4, 0.5) is 4.79 Å². The van der Waals surface area contributed by atoms with Crippen molar-refractivity contribution in [2.45, 2.75) is 30.2 Å². The lowest BCUT2D eigenvalue weighted by Gasteiger charge is -2.27. The van der Waals surface area contributed by atoms with Crippen molar-refractivity contribution in [2.24, 2.45) is 0 Å². The second-order valence-electron chi connectivity index (χ2n) is 9.46. The first-order valence-corrected chi connectivity index (χ1v) is 15.5. The van der Waals surface area contributed by atoms with Crippen LogP contribution < -0.4 is 0 Å². The predicted octanol–water partition coefficient (Wildman–Crippen LogP) is 3.64. The van der Waals surface area contributed by atoms with E-state index in [2.05, 4.69) is 0 Å². The standard InChI is InChI=1S/C28H33N3O6S2/c1-23-8-12-26(13-9-23)38(33,34)30-17-16-29(22-25-6-4-3-5-7-25)28(32)37-21-20-31(19-18-30)39(35,36)27-14-10-24(2)11-15-27/h3-15H,16-22H2,1-2H3. The topological polar surface area (TPSA) is 104 Å². The second-order valence-corrected chi connectivity index (χ2v) is 13.3. The summed E-state index contributed by atoms with van der Waals surface area (Å²) in [5.41, 5.74) is 2.69. The highest BCUT2D eigenvalue weighted by Gasteiger charge is 2.31. The number of ether oxygens (including phenoxy) is 1. The molecule has 0 radical (unpaired) electrons. The molecule has 0 unspecified atom stereocenters. The van der Waals surface area contributed by atoms with Crippen LogP contribution in [0.15, 0.2) is 88.7 Å². The molecule has 9 nitrogen and oxygen atoms in total. The number of benzene rings is 3. The van der Waals surface area contributed by atoms with Gasteiger partial charge in [0.2, 0.25) is 20.0 Å². The van der Waals surface area contributed by atoms with Crippen LogP contribution in [0.5, 0.6) is 0 Å². The average molecular weight is 572 g/mol. The third-order valence-electron chi connectivity index (χ3n) is 6.58. The zero-order valence-electron chi connectivity index (χ0n) is 22.1. The molecule has 1 fully saturated rings. The minimum Gasteiger partial charge on any atom is -0.448 e. The van der Waals surface area contributed by atoms with Crippen LogP contribution >= 0.6 is 0 Å². The maximum atomic E-state index is 13.7. The Hall–Kier alpha value is -3.25. The van der Waals surface area contributed by atoms with Crippen LogP contribution in [0.2, 0.25) is 0 Å². The SMILES string of the molecule is Cc1ccc(S(=O)(=O)N2CCOC(=O)N(Cc3ccccc3)CCN(S(=O)(=O)c3ccc(C)cc3)CC2)cc1. The smallest absolute Gasteiger partial charge is 0.410 e. The highest BCUT2D eigenvalue weighted by Crippen LogP contribution is 2.20. The fourth-order valence-corrected chi connectivity index (χ4v) is 7.08. The van der Waals surface area contributed by atoms with E-state index in [1.807, 2.05) is 44.2 Å². The van der Waals surface area contributed by atoms with Gasteiger partial charge in [0.1, 0.15) is 6.61 Å². The molecule has 1 aliphatic heterocycles. The van der Waals surface area contributed by atoms with E-state index in [1.165, 1.54) is 37.8 Å². The van der Waals surface area contributed by atoms with E-state index in [4.69, 9.17) is 4.74 Å². The Morgan fingerprint density at radius 3 is 1.62 bits per heavy atom. The van der Waals surface area contributed by atoms with Gasteiger partial charge in [-0.2, -0.15) is 8.61 Å². The van der Waals surface area contributed by atoms with Gasteiger partial charge in [0, 0.05) is 39.3 Å². The summed E-state index contributed by atoms with van der Waals surface area (Å²) in [5.74, 6) is 0. The number of hydrogen-bond acceptors (Lipinski definition) is 6.